The predicted octanol–water partition coefficient (Wildman–Crippen LogP) is 3.33. The van der Waals surface area contributed by atoms with Crippen LogP contribution in [0.4, 0.5) is 0 Å². The van der Waals surface area contributed by atoms with Crippen LogP contribution in [-0.2, 0) is 21.4 Å². The number of aryl methyl sites for hydroxylation is 1. The van der Waals surface area contributed by atoms with Crippen LogP contribution in [0.25, 0.3) is 0 Å². The highest BCUT2D eigenvalue weighted by Crippen LogP contribution is 2.23. The van der Waals surface area contributed by atoms with E-state index in [-0.39, 0.29) is 12.5 Å². The molecule has 2 aromatic carbocycles. The van der Waals surface area contributed by atoms with Crippen molar-refractivity contribution >= 4 is 11.9 Å². The van der Waals surface area contributed by atoms with Gasteiger partial charge in [0.05, 0.1) is 11.3 Å². The molecule has 132 valence electrons. The lowest BCUT2D eigenvalue weighted by Crippen LogP contribution is -2.43. The number of carboxylic acid groups (broad SMARTS) is 1. The highest BCUT2D eigenvalue weighted by Gasteiger charge is 2.30. The number of nitrogens with one attached hydrogen (secondary N) is 1. The van der Waals surface area contributed by atoms with Gasteiger partial charge < -0.3 is 10.4 Å². The lowest BCUT2D eigenvalue weighted by atomic mass is 9.83. The van der Waals surface area contributed by atoms with Crippen molar-refractivity contribution in [3.63, 3.8) is 0 Å². The van der Waals surface area contributed by atoms with Gasteiger partial charge in [-0.15, -0.1) is 0 Å². The van der Waals surface area contributed by atoms with Gasteiger partial charge in [-0.1, -0.05) is 60.2 Å². The molecule has 2 aromatic rings. The zero-order chi connectivity index (χ0) is 18.4. The number of hydrogen-bond acceptors (Lipinski definition) is 2. The predicted molar refractivity (Wildman–Crippen MR) is 98.5 cm³/mol. The Morgan fingerprint density at radius 1 is 1.08 bits per heavy atom. The van der Waals surface area contributed by atoms with E-state index in [1.54, 1.807) is 0 Å². The molecule has 4 nitrogen and oxygen atoms in total. The standard InChI is InChI=1S/C21H25NO3/c1-15-8-7-9-16(12-15)13-17(19(23)24)14-22-20(25)21(2,3)18-10-5-4-6-11-18/h4-12,17H,13-14H2,1-3H3,(H,22,25)(H,23,24). The Kier molecular flexibility index (Phi) is 5.97. The first-order chi connectivity index (χ1) is 11.8. The Morgan fingerprint density at radius 3 is 2.36 bits per heavy atom. The molecule has 0 heterocycles. The number of benzene rings is 2. The number of carbonyl (C=O) groups excluding carboxylic acids is 1. The first-order valence-corrected chi connectivity index (χ1v) is 8.43. The molecule has 0 aliphatic carbocycles. The molecular weight excluding hydrogens is 314 g/mol. The van der Waals surface area contributed by atoms with Gasteiger partial charge in [-0.3, -0.25) is 9.59 Å². The van der Waals surface area contributed by atoms with Gasteiger partial charge in [0, 0.05) is 6.54 Å². The molecule has 0 radical (unpaired) electrons. The second-order valence-corrected chi connectivity index (χ2v) is 6.93. The summed E-state index contributed by atoms with van der Waals surface area (Å²) in [5.41, 5.74) is 2.24. The van der Waals surface area contributed by atoms with Crippen LogP contribution in [0.15, 0.2) is 54.6 Å². The maximum absolute atomic E-state index is 12.6. The SMILES string of the molecule is Cc1cccc(CC(CNC(=O)C(C)(C)c2ccccc2)C(=O)O)c1. The quantitative estimate of drug-likeness (QED) is 0.813. The average Bonchev–Trinajstić information content (AvgIpc) is 2.58. The number of carboxylic acids is 1. The zero-order valence-corrected chi connectivity index (χ0v) is 15.0. The number of amides is 1. The summed E-state index contributed by atoms with van der Waals surface area (Å²) in [6.07, 6.45) is 0.392. The lowest BCUT2D eigenvalue weighted by Gasteiger charge is -2.25. The summed E-state index contributed by atoms with van der Waals surface area (Å²) in [4.78, 5) is 24.2. The van der Waals surface area contributed by atoms with Crippen molar-refractivity contribution in [3.05, 3.63) is 71.3 Å². The largest absolute Gasteiger partial charge is 0.481 e. The van der Waals surface area contributed by atoms with Crippen molar-refractivity contribution in [3.8, 4) is 0 Å². The lowest BCUT2D eigenvalue weighted by molar-refractivity contribution is -0.141. The Hall–Kier alpha value is -2.62. The smallest absolute Gasteiger partial charge is 0.308 e. The molecule has 0 spiro atoms. The molecule has 0 fully saturated rings. The molecule has 0 bridgehead atoms. The molecular formula is C21H25NO3. The highest BCUT2D eigenvalue weighted by atomic mass is 16.4. The van der Waals surface area contributed by atoms with Crippen LogP contribution in [0.1, 0.15) is 30.5 Å². The summed E-state index contributed by atoms with van der Waals surface area (Å²) in [6, 6.07) is 17.3. The first-order valence-electron chi connectivity index (χ1n) is 8.43. The topological polar surface area (TPSA) is 66.4 Å². The van der Waals surface area contributed by atoms with E-state index >= 15 is 0 Å². The molecule has 0 saturated heterocycles. The Labute approximate surface area is 148 Å². The molecule has 2 N–H and O–H groups in total. The Bertz CT molecular complexity index is 738. The van der Waals surface area contributed by atoms with Crippen molar-refractivity contribution in [2.45, 2.75) is 32.6 Å². The van der Waals surface area contributed by atoms with E-state index in [2.05, 4.69) is 5.32 Å². The number of hydrogen-bond donors (Lipinski definition) is 2. The van der Waals surface area contributed by atoms with Crippen LogP contribution in [-0.4, -0.2) is 23.5 Å². The summed E-state index contributed by atoms with van der Waals surface area (Å²) in [7, 11) is 0. The van der Waals surface area contributed by atoms with Crippen LogP contribution in [0.5, 0.6) is 0 Å². The van der Waals surface area contributed by atoms with Crippen molar-refractivity contribution < 1.29 is 14.7 Å². The highest BCUT2D eigenvalue weighted by molar-refractivity contribution is 5.87. The molecule has 1 unspecified atom stereocenters. The first kappa shape index (κ1) is 18.7. The van der Waals surface area contributed by atoms with E-state index < -0.39 is 17.3 Å². The molecule has 0 aliphatic rings. The molecule has 4 heteroatoms. The van der Waals surface area contributed by atoms with Gasteiger partial charge in [0.2, 0.25) is 5.91 Å². The van der Waals surface area contributed by atoms with Gasteiger partial charge in [-0.25, -0.2) is 0 Å². The Balaban J connectivity index is 2.03. The average molecular weight is 339 g/mol. The third-order valence-electron chi connectivity index (χ3n) is 4.49. The fraction of sp³-hybridized carbons (Fsp3) is 0.333. The van der Waals surface area contributed by atoms with Crippen molar-refractivity contribution in [2.24, 2.45) is 5.92 Å². The monoisotopic (exact) mass is 339 g/mol. The number of carbonyl (C=O) groups is 2. The van der Waals surface area contributed by atoms with Crippen LogP contribution in [0, 0.1) is 12.8 Å². The summed E-state index contributed by atoms with van der Waals surface area (Å²) >= 11 is 0. The third-order valence-corrected chi connectivity index (χ3v) is 4.49. The molecule has 0 aliphatic heterocycles. The molecule has 1 amide bonds. The van der Waals surface area contributed by atoms with E-state index in [1.165, 1.54) is 0 Å². The molecule has 1 atom stereocenters. The van der Waals surface area contributed by atoms with Crippen molar-refractivity contribution in [1.29, 1.82) is 0 Å². The minimum Gasteiger partial charge on any atom is -0.481 e. The second-order valence-electron chi connectivity index (χ2n) is 6.93. The number of aliphatic carboxylic acids is 1. The maximum atomic E-state index is 12.6. The van der Waals surface area contributed by atoms with E-state index in [9.17, 15) is 14.7 Å². The fourth-order valence-corrected chi connectivity index (χ4v) is 2.79. The van der Waals surface area contributed by atoms with Crippen molar-refractivity contribution in [1.82, 2.24) is 5.32 Å². The molecule has 2 rings (SSSR count). The van der Waals surface area contributed by atoms with Gasteiger partial charge in [0.15, 0.2) is 0 Å². The van der Waals surface area contributed by atoms with Gasteiger partial charge in [-0.2, -0.15) is 0 Å². The van der Waals surface area contributed by atoms with Crippen LogP contribution in [0.3, 0.4) is 0 Å². The van der Waals surface area contributed by atoms with Gasteiger partial charge in [0.25, 0.3) is 0 Å². The summed E-state index contributed by atoms with van der Waals surface area (Å²) in [5, 5.41) is 12.3. The summed E-state index contributed by atoms with van der Waals surface area (Å²) < 4.78 is 0. The maximum Gasteiger partial charge on any atom is 0.308 e. The minimum absolute atomic E-state index is 0.109. The van der Waals surface area contributed by atoms with E-state index in [1.807, 2.05) is 75.4 Å². The van der Waals surface area contributed by atoms with Gasteiger partial charge >= 0.3 is 5.97 Å². The second kappa shape index (κ2) is 7.97. The van der Waals surface area contributed by atoms with Crippen LogP contribution < -0.4 is 5.32 Å². The molecule has 0 aromatic heterocycles. The summed E-state index contributed by atoms with van der Waals surface area (Å²) in [5.74, 6) is -1.73. The normalized spacial score (nSPS) is 12.4. The number of rotatable bonds is 7. The van der Waals surface area contributed by atoms with Crippen molar-refractivity contribution in [2.75, 3.05) is 6.54 Å². The van der Waals surface area contributed by atoms with E-state index in [4.69, 9.17) is 0 Å². The Morgan fingerprint density at radius 2 is 1.76 bits per heavy atom. The molecule has 0 saturated carbocycles. The zero-order valence-electron chi connectivity index (χ0n) is 15.0. The van der Waals surface area contributed by atoms with Crippen LogP contribution >= 0.6 is 0 Å². The fourth-order valence-electron chi connectivity index (χ4n) is 2.79. The van der Waals surface area contributed by atoms with Gasteiger partial charge in [-0.05, 0) is 38.3 Å². The third kappa shape index (κ3) is 4.92. The van der Waals surface area contributed by atoms with Gasteiger partial charge in [0.1, 0.15) is 0 Å². The van der Waals surface area contributed by atoms with Crippen LogP contribution in [0.2, 0.25) is 0 Å². The summed E-state index contributed by atoms with van der Waals surface area (Å²) in [6.45, 7) is 5.77. The molecule has 25 heavy (non-hydrogen) atoms. The minimum atomic E-state index is -0.903. The van der Waals surface area contributed by atoms with E-state index in [0.29, 0.717) is 6.42 Å². The van der Waals surface area contributed by atoms with E-state index in [0.717, 1.165) is 16.7 Å².